The van der Waals surface area contributed by atoms with Crippen LogP contribution in [0.2, 0.25) is 5.02 Å². The van der Waals surface area contributed by atoms with Crippen molar-refractivity contribution in [3.63, 3.8) is 0 Å². The first-order valence-corrected chi connectivity index (χ1v) is 18.1. The molecule has 1 aromatic heterocycles. The first-order valence-electron chi connectivity index (χ1n) is 16.1. The Morgan fingerprint density at radius 3 is 2.25 bits per heavy atom. The number of benzene rings is 2. The fourth-order valence-corrected chi connectivity index (χ4v) is 5.75. The van der Waals surface area contributed by atoms with Crippen LogP contribution in [0.3, 0.4) is 0 Å². The van der Waals surface area contributed by atoms with Crippen molar-refractivity contribution < 1.29 is 32.1 Å². The summed E-state index contributed by atoms with van der Waals surface area (Å²) in [5.74, 6) is -1.59. The number of fused-ring (bicyclic) bond motifs is 1. The largest absolute Gasteiger partial charge is 0.748 e. The number of halogens is 1. The maximum absolute atomic E-state index is 13.6. The number of carbonyl (C=O) groups excluding carboxylic acids is 3. The molecule has 0 atom stereocenters. The predicted octanol–water partition coefficient (Wildman–Crippen LogP) is 5.16. The molecule has 48 heavy (non-hydrogen) atoms. The lowest BCUT2D eigenvalue weighted by Gasteiger charge is -2.26. The van der Waals surface area contributed by atoms with Gasteiger partial charge in [-0.3, -0.25) is 19.2 Å². The third-order valence-electron chi connectivity index (χ3n) is 7.90. The van der Waals surface area contributed by atoms with Gasteiger partial charge >= 0.3 is 5.97 Å². The Morgan fingerprint density at radius 2 is 1.60 bits per heavy atom. The molecule has 0 fully saturated rings. The highest BCUT2D eigenvalue weighted by Crippen LogP contribution is 2.23. The number of aryl methyl sites for hydroxylation is 1. The summed E-state index contributed by atoms with van der Waals surface area (Å²) in [5.41, 5.74) is 1.79. The number of nitrogens with zero attached hydrogens (tertiary/aromatic N) is 2. The van der Waals surface area contributed by atoms with Gasteiger partial charge in [0.1, 0.15) is 5.56 Å². The van der Waals surface area contributed by atoms with Crippen molar-refractivity contribution in [3.8, 4) is 0 Å². The van der Waals surface area contributed by atoms with E-state index in [2.05, 4.69) is 5.32 Å². The first kappa shape index (κ1) is 38.7. The Kier molecular flexibility index (Phi) is 14.2. The molecule has 0 aliphatic rings. The Labute approximate surface area is 287 Å². The van der Waals surface area contributed by atoms with Crippen LogP contribution in [0, 0.1) is 0 Å². The highest BCUT2D eigenvalue weighted by molar-refractivity contribution is 7.85. The molecular formula is C35H45ClN3O8S-. The van der Waals surface area contributed by atoms with Crippen molar-refractivity contribution in [1.29, 1.82) is 0 Å². The minimum Gasteiger partial charge on any atom is -0.748 e. The van der Waals surface area contributed by atoms with Crippen LogP contribution in [0.1, 0.15) is 87.2 Å². The number of hydrogen-bond acceptors (Lipinski definition) is 8. The van der Waals surface area contributed by atoms with E-state index in [1.54, 1.807) is 18.3 Å². The quantitative estimate of drug-likeness (QED) is 0.115. The van der Waals surface area contributed by atoms with Gasteiger partial charge in [0.2, 0.25) is 11.3 Å². The maximum atomic E-state index is 13.6. The molecule has 2 aromatic carbocycles. The average Bonchev–Trinajstić information content (AvgIpc) is 3.02. The van der Waals surface area contributed by atoms with Gasteiger partial charge in [0.25, 0.3) is 5.91 Å². The lowest BCUT2D eigenvalue weighted by molar-refractivity contribution is -0.143. The van der Waals surface area contributed by atoms with Crippen molar-refractivity contribution >= 4 is 50.4 Å². The number of esters is 1. The topological polar surface area (TPSA) is 155 Å². The summed E-state index contributed by atoms with van der Waals surface area (Å²) in [6.45, 7) is 6.38. The van der Waals surface area contributed by atoms with Crippen LogP contribution >= 0.6 is 11.6 Å². The summed E-state index contributed by atoms with van der Waals surface area (Å²) in [6.07, 6.45) is 5.97. The number of rotatable bonds is 17. The lowest BCUT2D eigenvalue weighted by Crippen LogP contribution is -2.32. The number of aromatic nitrogens is 1. The molecule has 0 aliphatic heterocycles. The number of amides is 2. The van der Waals surface area contributed by atoms with E-state index < -0.39 is 27.3 Å². The highest BCUT2D eigenvalue weighted by Gasteiger charge is 2.21. The lowest BCUT2D eigenvalue weighted by atomic mass is 10.0. The monoisotopic (exact) mass is 702 g/mol. The van der Waals surface area contributed by atoms with Crippen molar-refractivity contribution in [2.24, 2.45) is 0 Å². The number of carbonyl (C=O) groups is 3. The van der Waals surface area contributed by atoms with E-state index >= 15 is 0 Å². The molecule has 262 valence electrons. The number of ether oxygens (including phenoxy) is 1. The van der Waals surface area contributed by atoms with E-state index in [-0.39, 0.29) is 55.4 Å². The highest BCUT2D eigenvalue weighted by atomic mass is 35.5. The third-order valence-corrected chi connectivity index (χ3v) is 8.83. The van der Waals surface area contributed by atoms with Crippen molar-refractivity contribution in [3.05, 3.63) is 80.6 Å². The van der Waals surface area contributed by atoms with E-state index in [1.165, 1.54) is 11.9 Å². The SMILES string of the molecule is CN(CCS(=O)(=O)[O-])C(=O)CCCCCCC(=O)OCCCc1ccc2c(c1)c(=O)c(C(=O)NCc1ccc(Cl)cc1)cn2C(C)(C)C. The van der Waals surface area contributed by atoms with Crippen LogP contribution in [0.15, 0.2) is 53.5 Å². The minimum absolute atomic E-state index is 0.0600. The molecule has 3 aromatic rings. The summed E-state index contributed by atoms with van der Waals surface area (Å²) in [7, 11) is -2.89. The Bertz CT molecular complexity index is 1750. The van der Waals surface area contributed by atoms with Crippen LogP contribution in [-0.4, -0.2) is 66.2 Å². The number of hydrogen-bond donors (Lipinski definition) is 1. The fraction of sp³-hybridized carbons (Fsp3) is 0.486. The number of pyridine rings is 1. The van der Waals surface area contributed by atoms with Gasteiger partial charge in [0, 0.05) is 55.1 Å². The number of nitrogens with one attached hydrogen (secondary N) is 1. The maximum Gasteiger partial charge on any atom is 0.305 e. The molecule has 2 amide bonds. The van der Waals surface area contributed by atoms with Crippen LogP contribution in [-0.2, 0) is 42.9 Å². The van der Waals surface area contributed by atoms with E-state index in [1.807, 2.05) is 55.7 Å². The van der Waals surface area contributed by atoms with E-state index in [9.17, 15) is 32.1 Å². The van der Waals surface area contributed by atoms with Gasteiger partial charge in [-0.05, 0) is 81.8 Å². The molecule has 0 spiro atoms. The zero-order chi connectivity index (χ0) is 35.5. The second-order valence-corrected chi connectivity index (χ2v) is 14.8. The summed E-state index contributed by atoms with van der Waals surface area (Å²) in [5, 5.41) is 3.89. The molecule has 3 rings (SSSR count). The van der Waals surface area contributed by atoms with Gasteiger partial charge < -0.3 is 24.1 Å². The van der Waals surface area contributed by atoms with Crippen molar-refractivity contribution in [1.82, 2.24) is 14.8 Å². The van der Waals surface area contributed by atoms with Gasteiger partial charge in [0.05, 0.1) is 28.0 Å². The van der Waals surface area contributed by atoms with Crippen molar-refractivity contribution in [2.75, 3.05) is 26.0 Å². The first-order chi connectivity index (χ1) is 22.5. The second-order valence-electron chi connectivity index (χ2n) is 12.9. The molecule has 0 bridgehead atoms. The molecule has 0 radical (unpaired) electrons. The second kappa shape index (κ2) is 17.6. The summed E-state index contributed by atoms with van der Waals surface area (Å²) < 4.78 is 39.5. The number of unbranched alkanes of at least 4 members (excludes halogenated alkanes) is 3. The Balaban J connectivity index is 1.48. The van der Waals surface area contributed by atoms with Gasteiger partial charge in [-0.2, -0.15) is 0 Å². The standard InChI is InChI=1S/C35H46ClN3O8S/c1-35(2,3)39-24-29(34(43)37-23-26-13-16-27(36)17-14-26)33(42)28-22-25(15-18-30(28)39)10-9-20-47-32(41)12-8-6-5-7-11-31(40)38(4)19-21-48(44,45)46/h13-18,22,24H,5-12,19-21,23H2,1-4H3,(H,37,43)(H,44,45,46)/p-1. The minimum atomic E-state index is -4.36. The average molecular weight is 703 g/mol. The summed E-state index contributed by atoms with van der Waals surface area (Å²) in [6, 6.07) is 12.8. The van der Waals surface area contributed by atoms with Crippen LogP contribution < -0.4 is 10.7 Å². The van der Waals surface area contributed by atoms with Crippen LogP contribution in [0.25, 0.3) is 10.9 Å². The van der Waals surface area contributed by atoms with Crippen LogP contribution in [0.5, 0.6) is 0 Å². The van der Waals surface area contributed by atoms with E-state index in [0.717, 1.165) is 29.5 Å². The van der Waals surface area contributed by atoms with E-state index in [4.69, 9.17) is 16.3 Å². The van der Waals surface area contributed by atoms with Crippen LogP contribution in [0.4, 0.5) is 0 Å². The van der Waals surface area contributed by atoms with Gasteiger partial charge in [-0.1, -0.05) is 42.6 Å². The zero-order valence-corrected chi connectivity index (χ0v) is 29.6. The van der Waals surface area contributed by atoms with Gasteiger partial charge in [0.15, 0.2) is 0 Å². The predicted molar refractivity (Wildman–Crippen MR) is 185 cm³/mol. The van der Waals surface area contributed by atoms with Crippen molar-refractivity contribution in [2.45, 2.75) is 84.2 Å². The Hall–Kier alpha value is -3.74. The van der Waals surface area contributed by atoms with E-state index in [0.29, 0.717) is 36.1 Å². The molecule has 13 heteroatoms. The molecule has 1 N–H and O–H groups in total. The van der Waals surface area contributed by atoms with Gasteiger partial charge in [-0.25, -0.2) is 8.42 Å². The van der Waals surface area contributed by atoms with Gasteiger partial charge in [-0.15, -0.1) is 0 Å². The summed E-state index contributed by atoms with van der Waals surface area (Å²) >= 11 is 5.96. The Morgan fingerprint density at radius 1 is 0.958 bits per heavy atom. The molecule has 1 heterocycles. The molecule has 0 aliphatic carbocycles. The molecule has 0 saturated heterocycles. The fourth-order valence-electron chi connectivity index (χ4n) is 5.13. The normalized spacial score (nSPS) is 11.8. The molecule has 0 saturated carbocycles. The smallest absolute Gasteiger partial charge is 0.305 e. The molecule has 0 unspecified atom stereocenters. The third kappa shape index (κ3) is 12.4. The summed E-state index contributed by atoms with van der Waals surface area (Å²) in [4.78, 5) is 52.2. The molecule has 11 nitrogen and oxygen atoms in total. The molecular weight excluding hydrogens is 658 g/mol. The zero-order valence-electron chi connectivity index (χ0n) is 28.1.